The molecule has 0 bridgehead atoms. The Balaban J connectivity index is 1.25. The van der Waals surface area contributed by atoms with Gasteiger partial charge in [0.05, 0.1) is 36.9 Å². The van der Waals surface area contributed by atoms with E-state index in [0.29, 0.717) is 55.7 Å². The highest BCUT2D eigenvalue weighted by atomic mass is 16.6. The van der Waals surface area contributed by atoms with Gasteiger partial charge in [-0.15, -0.1) is 0 Å². The summed E-state index contributed by atoms with van der Waals surface area (Å²) in [6.07, 6.45) is 10.2. The van der Waals surface area contributed by atoms with Gasteiger partial charge in [-0.25, -0.2) is 0 Å². The van der Waals surface area contributed by atoms with Gasteiger partial charge >= 0.3 is 11.9 Å². The number of carboxylic acids is 1. The van der Waals surface area contributed by atoms with E-state index in [1.54, 1.807) is 0 Å². The summed E-state index contributed by atoms with van der Waals surface area (Å²) in [6.45, 7) is 0.485. The van der Waals surface area contributed by atoms with Crippen LogP contribution in [-0.4, -0.2) is 48.1 Å². The number of ether oxygens (including phenoxy) is 3. The lowest BCUT2D eigenvalue weighted by Crippen LogP contribution is -2.27. The minimum Gasteiger partial charge on any atom is -0.481 e. The SMILES string of the molecule is O=C(O)CCCC(CC1CCC2OC2C1)C(=O)OCC1CCC2OC2C1. The molecule has 6 nitrogen and oxygen atoms in total. The third-order valence-electron chi connectivity index (χ3n) is 6.58. The number of rotatable bonds is 9. The van der Waals surface area contributed by atoms with Crippen molar-refractivity contribution in [3.05, 3.63) is 0 Å². The van der Waals surface area contributed by atoms with Crippen LogP contribution in [0.3, 0.4) is 0 Å². The van der Waals surface area contributed by atoms with Crippen molar-refractivity contribution < 1.29 is 28.9 Å². The lowest BCUT2D eigenvalue weighted by atomic mass is 9.81. The molecular weight excluding hydrogens is 336 g/mol. The molecule has 0 aromatic carbocycles. The molecule has 2 saturated carbocycles. The number of epoxide rings is 2. The number of hydrogen-bond donors (Lipinski definition) is 1. The fourth-order valence-electron chi connectivity index (χ4n) is 4.89. The Hall–Kier alpha value is -1.14. The molecule has 2 aliphatic heterocycles. The first kappa shape index (κ1) is 18.2. The van der Waals surface area contributed by atoms with Gasteiger partial charge in [0.2, 0.25) is 0 Å². The summed E-state index contributed by atoms with van der Waals surface area (Å²) in [5.41, 5.74) is 0. The molecule has 0 aromatic rings. The normalized spacial score (nSPS) is 38.6. The lowest BCUT2D eigenvalue weighted by molar-refractivity contribution is -0.151. The van der Waals surface area contributed by atoms with Crippen LogP contribution in [0.5, 0.6) is 0 Å². The molecule has 6 heteroatoms. The maximum atomic E-state index is 12.7. The Morgan fingerprint density at radius 2 is 1.62 bits per heavy atom. The van der Waals surface area contributed by atoms with Crippen molar-refractivity contribution in [3.63, 3.8) is 0 Å². The summed E-state index contributed by atoms with van der Waals surface area (Å²) in [5, 5.41) is 8.88. The number of carbonyl (C=O) groups is 2. The first-order valence-electron chi connectivity index (χ1n) is 10.3. The summed E-state index contributed by atoms with van der Waals surface area (Å²) in [7, 11) is 0. The highest BCUT2D eigenvalue weighted by molar-refractivity contribution is 5.72. The first-order chi connectivity index (χ1) is 12.6. The van der Waals surface area contributed by atoms with E-state index in [4.69, 9.17) is 19.3 Å². The zero-order chi connectivity index (χ0) is 18.1. The van der Waals surface area contributed by atoms with Crippen LogP contribution in [0.2, 0.25) is 0 Å². The van der Waals surface area contributed by atoms with E-state index in [2.05, 4.69) is 0 Å². The van der Waals surface area contributed by atoms with E-state index >= 15 is 0 Å². The van der Waals surface area contributed by atoms with Crippen molar-refractivity contribution in [2.45, 2.75) is 88.6 Å². The summed E-state index contributed by atoms with van der Waals surface area (Å²) in [4.78, 5) is 23.5. The molecule has 4 rings (SSSR count). The Labute approximate surface area is 154 Å². The Morgan fingerprint density at radius 1 is 0.962 bits per heavy atom. The maximum Gasteiger partial charge on any atom is 0.308 e. The molecule has 7 atom stereocenters. The molecular formula is C20H30O6. The third-order valence-corrected chi connectivity index (χ3v) is 6.58. The molecule has 2 heterocycles. The summed E-state index contributed by atoms with van der Waals surface area (Å²) < 4.78 is 16.8. The van der Waals surface area contributed by atoms with Crippen LogP contribution in [0.1, 0.15) is 64.2 Å². The number of hydrogen-bond acceptors (Lipinski definition) is 5. The highest BCUT2D eigenvalue weighted by Crippen LogP contribution is 2.42. The second-order valence-corrected chi connectivity index (χ2v) is 8.63. The van der Waals surface area contributed by atoms with Crippen molar-refractivity contribution in [3.8, 4) is 0 Å². The molecule has 0 aromatic heterocycles. The molecule has 0 radical (unpaired) electrons. The molecule has 0 spiro atoms. The number of aliphatic carboxylic acids is 1. The van der Waals surface area contributed by atoms with Gasteiger partial charge in [-0.2, -0.15) is 0 Å². The number of carbonyl (C=O) groups excluding carboxylic acids is 1. The molecule has 0 amide bonds. The zero-order valence-electron chi connectivity index (χ0n) is 15.3. The monoisotopic (exact) mass is 366 g/mol. The molecule has 4 fully saturated rings. The van der Waals surface area contributed by atoms with Gasteiger partial charge < -0.3 is 19.3 Å². The summed E-state index contributed by atoms with van der Waals surface area (Å²) in [5.74, 6) is -0.199. The van der Waals surface area contributed by atoms with Gasteiger partial charge in [0.15, 0.2) is 0 Å². The van der Waals surface area contributed by atoms with Crippen molar-refractivity contribution >= 4 is 11.9 Å². The van der Waals surface area contributed by atoms with Crippen LogP contribution in [0, 0.1) is 17.8 Å². The number of esters is 1. The largest absolute Gasteiger partial charge is 0.481 e. The van der Waals surface area contributed by atoms with Gasteiger partial charge in [0.25, 0.3) is 0 Å². The van der Waals surface area contributed by atoms with E-state index < -0.39 is 5.97 Å². The number of fused-ring (bicyclic) bond motifs is 2. The van der Waals surface area contributed by atoms with Crippen molar-refractivity contribution in [2.75, 3.05) is 6.61 Å². The van der Waals surface area contributed by atoms with Gasteiger partial charge in [-0.05, 0) is 69.6 Å². The second kappa shape index (κ2) is 7.85. The molecule has 7 unspecified atom stereocenters. The molecule has 1 N–H and O–H groups in total. The zero-order valence-corrected chi connectivity index (χ0v) is 15.3. The van der Waals surface area contributed by atoms with Crippen LogP contribution in [-0.2, 0) is 23.8 Å². The van der Waals surface area contributed by atoms with E-state index in [1.807, 2.05) is 0 Å². The second-order valence-electron chi connectivity index (χ2n) is 8.63. The lowest BCUT2D eigenvalue weighted by Gasteiger charge is -2.25. The van der Waals surface area contributed by atoms with Crippen LogP contribution >= 0.6 is 0 Å². The van der Waals surface area contributed by atoms with Crippen LogP contribution in [0.25, 0.3) is 0 Å². The summed E-state index contributed by atoms with van der Waals surface area (Å²) >= 11 is 0. The predicted octanol–water partition coefficient (Wildman–Crippen LogP) is 2.93. The summed E-state index contributed by atoms with van der Waals surface area (Å²) in [6, 6.07) is 0. The van der Waals surface area contributed by atoms with E-state index in [-0.39, 0.29) is 18.3 Å². The van der Waals surface area contributed by atoms with E-state index in [1.165, 1.54) is 0 Å². The molecule has 2 aliphatic carbocycles. The van der Waals surface area contributed by atoms with E-state index in [0.717, 1.165) is 44.9 Å². The van der Waals surface area contributed by atoms with Gasteiger partial charge in [0, 0.05) is 6.42 Å². The van der Waals surface area contributed by atoms with Crippen LogP contribution in [0.4, 0.5) is 0 Å². The minimum absolute atomic E-state index is 0.116. The quantitative estimate of drug-likeness (QED) is 0.498. The molecule has 26 heavy (non-hydrogen) atoms. The highest BCUT2D eigenvalue weighted by Gasteiger charge is 2.45. The van der Waals surface area contributed by atoms with Crippen molar-refractivity contribution in [1.82, 2.24) is 0 Å². The maximum absolute atomic E-state index is 12.7. The van der Waals surface area contributed by atoms with Gasteiger partial charge in [-0.1, -0.05) is 0 Å². The Morgan fingerprint density at radius 3 is 2.27 bits per heavy atom. The van der Waals surface area contributed by atoms with Crippen molar-refractivity contribution in [1.29, 1.82) is 0 Å². The van der Waals surface area contributed by atoms with Crippen LogP contribution in [0.15, 0.2) is 0 Å². The molecule has 146 valence electrons. The third kappa shape index (κ3) is 4.77. The Kier molecular flexibility index (Phi) is 5.50. The fraction of sp³-hybridized carbons (Fsp3) is 0.900. The van der Waals surface area contributed by atoms with Gasteiger partial charge in [-0.3, -0.25) is 9.59 Å². The molecule has 4 aliphatic rings. The topological polar surface area (TPSA) is 88.7 Å². The predicted molar refractivity (Wildman–Crippen MR) is 92.6 cm³/mol. The average molecular weight is 366 g/mol. The Bertz CT molecular complexity index is 534. The minimum atomic E-state index is -0.801. The molecule has 2 saturated heterocycles. The van der Waals surface area contributed by atoms with Crippen LogP contribution < -0.4 is 0 Å². The van der Waals surface area contributed by atoms with Crippen molar-refractivity contribution in [2.24, 2.45) is 17.8 Å². The van der Waals surface area contributed by atoms with Gasteiger partial charge in [0.1, 0.15) is 0 Å². The standard InChI is InChI=1S/C20H30O6/c21-19(22)3-1-2-14(8-12-4-6-15-17(9-12)25-15)20(23)24-11-13-5-7-16-18(10-13)26-16/h12-18H,1-11H2,(H,21,22). The fourth-order valence-corrected chi connectivity index (χ4v) is 4.89. The average Bonchev–Trinajstić information content (AvgIpc) is 3.51. The van der Waals surface area contributed by atoms with E-state index in [9.17, 15) is 9.59 Å². The smallest absolute Gasteiger partial charge is 0.308 e. The first-order valence-corrected chi connectivity index (χ1v) is 10.3. The number of carboxylic acid groups (broad SMARTS) is 1.